The SMILES string of the molecule is O=C(O)c1cccc(Br)c1NS(=O)(=O)N1CCCCC1. The van der Waals surface area contributed by atoms with Gasteiger partial charge in [-0.15, -0.1) is 0 Å². The van der Waals surface area contributed by atoms with Gasteiger partial charge in [-0.3, -0.25) is 4.72 Å². The van der Waals surface area contributed by atoms with Crippen LogP contribution in [0.5, 0.6) is 0 Å². The van der Waals surface area contributed by atoms with Crippen LogP contribution in [0.1, 0.15) is 29.6 Å². The molecule has 0 atom stereocenters. The van der Waals surface area contributed by atoms with Crippen LogP contribution in [0.4, 0.5) is 5.69 Å². The van der Waals surface area contributed by atoms with Crippen molar-refractivity contribution in [1.29, 1.82) is 0 Å². The number of nitrogens with zero attached hydrogens (tertiary/aromatic N) is 1. The summed E-state index contributed by atoms with van der Waals surface area (Å²) in [7, 11) is -3.72. The van der Waals surface area contributed by atoms with E-state index in [2.05, 4.69) is 20.7 Å². The zero-order valence-corrected chi connectivity index (χ0v) is 13.1. The maximum Gasteiger partial charge on any atom is 0.337 e. The summed E-state index contributed by atoms with van der Waals surface area (Å²) >= 11 is 3.18. The van der Waals surface area contributed by atoms with Gasteiger partial charge in [0.05, 0.1) is 11.3 Å². The molecule has 0 bridgehead atoms. The molecule has 0 unspecified atom stereocenters. The lowest BCUT2D eigenvalue weighted by atomic mass is 10.2. The van der Waals surface area contributed by atoms with Crippen LogP contribution in [0.25, 0.3) is 0 Å². The van der Waals surface area contributed by atoms with E-state index in [4.69, 9.17) is 5.11 Å². The number of hydrogen-bond donors (Lipinski definition) is 2. The van der Waals surface area contributed by atoms with Gasteiger partial charge >= 0.3 is 16.2 Å². The third-order valence-corrected chi connectivity index (χ3v) is 5.30. The Morgan fingerprint density at radius 2 is 1.90 bits per heavy atom. The molecule has 1 aliphatic rings. The highest BCUT2D eigenvalue weighted by Crippen LogP contribution is 2.28. The van der Waals surface area contributed by atoms with Crippen LogP contribution in [0, 0.1) is 0 Å². The van der Waals surface area contributed by atoms with Crippen LogP contribution < -0.4 is 4.72 Å². The Kier molecular flexibility index (Phi) is 4.66. The van der Waals surface area contributed by atoms with Crippen molar-refractivity contribution in [2.75, 3.05) is 17.8 Å². The number of nitrogens with one attached hydrogen (secondary N) is 1. The second kappa shape index (κ2) is 6.11. The molecule has 110 valence electrons. The van der Waals surface area contributed by atoms with Crippen LogP contribution in [0.2, 0.25) is 0 Å². The number of para-hydroxylation sites is 1. The number of aromatic carboxylic acids is 1. The quantitative estimate of drug-likeness (QED) is 0.859. The van der Waals surface area contributed by atoms with Crippen LogP contribution in [0.3, 0.4) is 0 Å². The van der Waals surface area contributed by atoms with Gasteiger partial charge < -0.3 is 5.11 Å². The van der Waals surface area contributed by atoms with Crippen molar-refractivity contribution in [1.82, 2.24) is 4.31 Å². The van der Waals surface area contributed by atoms with Crippen molar-refractivity contribution < 1.29 is 18.3 Å². The Balaban J connectivity index is 2.31. The molecule has 0 radical (unpaired) electrons. The monoisotopic (exact) mass is 362 g/mol. The maximum absolute atomic E-state index is 12.3. The van der Waals surface area contributed by atoms with E-state index in [0.29, 0.717) is 17.6 Å². The van der Waals surface area contributed by atoms with E-state index in [1.807, 2.05) is 0 Å². The summed E-state index contributed by atoms with van der Waals surface area (Å²) < 4.78 is 28.7. The van der Waals surface area contributed by atoms with Crippen molar-refractivity contribution in [3.8, 4) is 0 Å². The fourth-order valence-corrected chi connectivity index (χ4v) is 4.05. The first-order chi connectivity index (χ1) is 9.42. The number of piperidine rings is 1. The minimum Gasteiger partial charge on any atom is -0.478 e. The Bertz CT molecular complexity index is 612. The lowest BCUT2D eigenvalue weighted by molar-refractivity contribution is 0.0698. The van der Waals surface area contributed by atoms with Gasteiger partial charge in [0, 0.05) is 17.6 Å². The number of carboxylic acid groups (broad SMARTS) is 1. The van der Waals surface area contributed by atoms with E-state index >= 15 is 0 Å². The van der Waals surface area contributed by atoms with Crippen LogP contribution in [-0.2, 0) is 10.2 Å². The van der Waals surface area contributed by atoms with Crippen molar-refractivity contribution in [3.63, 3.8) is 0 Å². The first-order valence-corrected chi connectivity index (χ1v) is 8.45. The fraction of sp³-hybridized carbons (Fsp3) is 0.417. The molecule has 0 amide bonds. The van der Waals surface area contributed by atoms with E-state index in [9.17, 15) is 13.2 Å². The minimum absolute atomic E-state index is 0.0607. The van der Waals surface area contributed by atoms with Crippen molar-refractivity contribution in [3.05, 3.63) is 28.2 Å². The predicted octanol–water partition coefficient (Wildman–Crippen LogP) is 2.29. The van der Waals surface area contributed by atoms with Gasteiger partial charge in [-0.1, -0.05) is 12.5 Å². The predicted molar refractivity (Wildman–Crippen MR) is 79.1 cm³/mol. The first kappa shape index (κ1) is 15.3. The molecular formula is C12H15BrN2O4S. The Hall–Kier alpha value is -1.12. The molecule has 0 spiro atoms. The molecule has 0 aliphatic carbocycles. The molecule has 0 aromatic heterocycles. The van der Waals surface area contributed by atoms with Crippen LogP contribution in [0.15, 0.2) is 22.7 Å². The van der Waals surface area contributed by atoms with E-state index in [-0.39, 0.29) is 11.3 Å². The van der Waals surface area contributed by atoms with Crippen LogP contribution >= 0.6 is 15.9 Å². The lowest BCUT2D eigenvalue weighted by Gasteiger charge is -2.26. The number of carbonyl (C=O) groups is 1. The molecule has 1 heterocycles. The van der Waals surface area contributed by atoms with E-state index in [0.717, 1.165) is 19.3 Å². The molecular weight excluding hydrogens is 348 g/mol. The summed E-state index contributed by atoms with van der Waals surface area (Å²) in [6.07, 6.45) is 2.66. The molecule has 1 aromatic rings. The Morgan fingerprint density at radius 1 is 1.25 bits per heavy atom. The van der Waals surface area contributed by atoms with Gasteiger partial charge in [-0.05, 0) is 40.9 Å². The highest BCUT2D eigenvalue weighted by Gasteiger charge is 2.26. The molecule has 8 heteroatoms. The topological polar surface area (TPSA) is 86.7 Å². The molecule has 6 nitrogen and oxygen atoms in total. The third-order valence-electron chi connectivity index (χ3n) is 3.13. The highest BCUT2D eigenvalue weighted by molar-refractivity contribution is 9.10. The fourth-order valence-electron chi connectivity index (χ4n) is 2.10. The molecule has 1 saturated heterocycles. The third kappa shape index (κ3) is 3.31. The number of carboxylic acids is 1. The van der Waals surface area contributed by atoms with Gasteiger partial charge in [-0.2, -0.15) is 12.7 Å². The zero-order valence-electron chi connectivity index (χ0n) is 10.7. The molecule has 2 N–H and O–H groups in total. The van der Waals surface area contributed by atoms with Gasteiger partial charge in [0.2, 0.25) is 0 Å². The number of hydrogen-bond acceptors (Lipinski definition) is 3. The van der Waals surface area contributed by atoms with Gasteiger partial charge in [-0.25, -0.2) is 4.79 Å². The maximum atomic E-state index is 12.3. The number of rotatable bonds is 4. The second-order valence-electron chi connectivity index (χ2n) is 4.53. The smallest absolute Gasteiger partial charge is 0.337 e. The molecule has 20 heavy (non-hydrogen) atoms. The van der Waals surface area contributed by atoms with E-state index in [1.54, 1.807) is 12.1 Å². The first-order valence-electron chi connectivity index (χ1n) is 6.21. The molecule has 2 rings (SSSR count). The van der Waals surface area contributed by atoms with Crippen molar-refractivity contribution in [2.24, 2.45) is 0 Å². The minimum atomic E-state index is -3.72. The van der Waals surface area contributed by atoms with Crippen LogP contribution in [-0.4, -0.2) is 36.9 Å². The van der Waals surface area contributed by atoms with Gasteiger partial charge in [0.25, 0.3) is 0 Å². The van der Waals surface area contributed by atoms with Gasteiger partial charge in [0.1, 0.15) is 0 Å². The molecule has 1 aliphatic heterocycles. The summed E-state index contributed by atoms with van der Waals surface area (Å²) in [6.45, 7) is 0.921. The standard InChI is InChI=1S/C12H15BrN2O4S/c13-10-6-4-5-9(12(16)17)11(10)14-20(18,19)15-7-2-1-3-8-15/h4-6,14H,1-3,7-8H2,(H,16,17). The normalized spacial score (nSPS) is 16.9. The molecule has 1 fully saturated rings. The Labute approximate surface area is 126 Å². The highest BCUT2D eigenvalue weighted by atomic mass is 79.9. The summed E-state index contributed by atoms with van der Waals surface area (Å²) in [5.41, 5.74) is -0.0227. The number of benzene rings is 1. The van der Waals surface area contributed by atoms with E-state index in [1.165, 1.54) is 10.4 Å². The summed E-state index contributed by atoms with van der Waals surface area (Å²) in [5.74, 6) is -1.18. The molecule has 0 saturated carbocycles. The average Bonchev–Trinajstić information content (AvgIpc) is 2.41. The summed E-state index contributed by atoms with van der Waals surface area (Å²) in [6, 6.07) is 4.51. The largest absolute Gasteiger partial charge is 0.478 e. The summed E-state index contributed by atoms with van der Waals surface area (Å²) in [5, 5.41) is 9.13. The average molecular weight is 363 g/mol. The Morgan fingerprint density at radius 3 is 2.50 bits per heavy atom. The zero-order chi connectivity index (χ0) is 14.8. The second-order valence-corrected chi connectivity index (χ2v) is 7.06. The van der Waals surface area contributed by atoms with Gasteiger partial charge in [0.15, 0.2) is 0 Å². The summed E-state index contributed by atoms with van der Waals surface area (Å²) in [4.78, 5) is 11.2. The number of halogens is 1. The van der Waals surface area contributed by atoms with Crippen molar-refractivity contribution >= 4 is 37.8 Å². The van der Waals surface area contributed by atoms with Crippen molar-refractivity contribution in [2.45, 2.75) is 19.3 Å². The van der Waals surface area contributed by atoms with E-state index < -0.39 is 16.2 Å². The molecule has 1 aromatic carbocycles. The number of anilines is 1. The lowest BCUT2D eigenvalue weighted by Crippen LogP contribution is -2.39.